The third-order valence-electron chi connectivity index (χ3n) is 5.72. The van der Waals surface area contributed by atoms with E-state index in [1.165, 1.54) is 30.6 Å². The fourth-order valence-corrected chi connectivity index (χ4v) is 4.19. The Morgan fingerprint density at radius 2 is 1.85 bits per heavy atom. The van der Waals surface area contributed by atoms with Crippen LogP contribution in [0.1, 0.15) is 68.3 Å². The van der Waals surface area contributed by atoms with Crippen molar-refractivity contribution in [3.8, 4) is 0 Å². The molecule has 3 rings (SSSR count). The molecule has 1 saturated carbocycles. The monoisotopic (exact) mass is 361 g/mol. The minimum atomic E-state index is -0.136. The fourth-order valence-electron chi connectivity index (χ4n) is 4.19. The first kappa shape index (κ1) is 18.9. The van der Waals surface area contributed by atoms with Crippen molar-refractivity contribution in [2.75, 3.05) is 20.6 Å². The minimum absolute atomic E-state index is 0.136. The Balaban J connectivity index is 1.58. The average molecular weight is 361 g/mol. The van der Waals surface area contributed by atoms with Crippen LogP contribution < -0.4 is 0 Å². The SMILES string of the molecule is CN(C)C(=O)c1cn(CCC2CCCCN2C(=O)C2CCCCC2)nn1. The number of rotatable bonds is 5. The minimum Gasteiger partial charge on any atom is -0.343 e. The smallest absolute Gasteiger partial charge is 0.275 e. The summed E-state index contributed by atoms with van der Waals surface area (Å²) in [4.78, 5) is 28.6. The molecule has 2 amide bonds. The summed E-state index contributed by atoms with van der Waals surface area (Å²) >= 11 is 0. The Bertz CT molecular complexity index is 621. The molecule has 0 radical (unpaired) electrons. The molecule has 2 fully saturated rings. The van der Waals surface area contributed by atoms with E-state index in [9.17, 15) is 9.59 Å². The number of hydrogen-bond acceptors (Lipinski definition) is 4. The topological polar surface area (TPSA) is 71.3 Å². The summed E-state index contributed by atoms with van der Waals surface area (Å²) < 4.78 is 1.73. The Hall–Kier alpha value is -1.92. The van der Waals surface area contributed by atoms with Gasteiger partial charge in [-0.3, -0.25) is 14.3 Å². The molecule has 2 heterocycles. The third kappa shape index (κ3) is 4.43. The zero-order valence-corrected chi connectivity index (χ0v) is 16.1. The molecule has 1 atom stereocenters. The van der Waals surface area contributed by atoms with Crippen LogP contribution in [-0.2, 0) is 11.3 Å². The summed E-state index contributed by atoms with van der Waals surface area (Å²) in [5.41, 5.74) is 0.369. The van der Waals surface area contributed by atoms with Crippen LogP contribution in [0, 0.1) is 5.92 Å². The molecule has 0 aromatic carbocycles. The van der Waals surface area contributed by atoms with Gasteiger partial charge in [-0.2, -0.15) is 0 Å². The number of carbonyl (C=O) groups excluding carboxylic acids is 2. The normalized spacial score (nSPS) is 21.6. The molecule has 7 nitrogen and oxygen atoms in total. The van der Waals surface area contributed by atoms with Crippen LogP contribution in [0.4, 0.5) is 0 Å². The third-order valence-corrected chi connectivity index (χ3v) is 5.72. The highest BCUT2D eigenvalue weighted by atomic mass is 16.2. The van der Waals surface area contributed by atoms with Crippen LogP contribution in [0.2, 0.25) is 0 Å². The van der Waals surface area contributed by atoms with Crippen molar-refractivity contribution >= 4 is 11.8 Å². The van der Waals surface area contributed by atoms with Crippen LogP contribution in [0.3, 0.4) is 0 Å². The van der Waals surface area contributed by atoms with Gasteiger partial charge >= 0.3 is 0 Å². The molecule has 2 aliphatic rings. The lowest BCUT2D eigenvalue weighted by molar-refractivity contribution is -0.140. The van der Waals surface area contributed by atoms with Crippen LogP contribution in [0.15, 0.2) is 6.20 Å². The van der Waals surface area contributed by atoms with Gasteiger partial charge in [0.1, 0.15) is 0 Å². The van der Waals surface area contributed by atoms with Crippen LogP contribution in [0.5, 0.6) is 0 Å². The van der Waals surface area contributed by atoms with Crippen molar-refractivity contribution in [1.82, 2.24) is 24.8 Å². The fraction of sp³-hybridized carbons (Fsp3) is 0.789. The lowest BCUT2D eigenvalue weighted by atomic mass is 9.87. The molecule has 1 aliphatic heterocycles. The van der Waals surface area contributed by atoms with E-state index < -0.39 is 0 Å². The van der Waals surface area contributed by atoms with Gasteiger partial charge < -0.3 is 9.80 Å². The van der Waals surface area contributed by atoms with E-state index in [0.717, 1.165) is 38.6 Å². The number of amides is 2. The van der Waals surface area contributed by atoms with E-state index in [-0.39, 0.29) is 17.9 Å². The van der Waals surface area contributed by atoms with Crippen LogP contribution >= 0.6 is 0 Å². The predicted molar refractivity (Wildman–Crippen MR) is 98.6 cm³/mol. The van der Waals surface area contributed by atoms with Crippen molar-refractivity contribution < 1.29 is 9.59 Å². The van der Waals surface area contributed by atoms with Crippen molar-refractivity contribution in [3.63, 3.8) is 0 Å². The van der Waals surface area contributed by atoms with E-state index in [1.54, 1.807) is 25.0 Å². The van der Waals surface area contributed by atoms with E-state index in [0.29, 0.717) is 18.1 Å². The van der Waals surface area contributed by atoms with Crippen LogP contribution in [0.25, 0.3) is 0 Å². The lowest BCUT2D eigenvalue weighted by Gasteiger charge is -2.38. The second-order valence-corrected chi connectivity index (χ2v) is 7.87. The molecule has 1 aromatic rings. The predicted octanol–water partition coefficient (Wildman–Crippen LogP) is 2.33. The van der Waals surface area contributed by atoms with Crippen molar-refractivity contribution in [2.24, 2.45) is 5.92 Å². The Labute approximate surface area is 155 Å². The zero-order chi connectivity index (χ0) is 18.5. The standard InChI is InChI=1S/C19H31N5O2/c1-22(2)19(26)17-14-23(21-20-17)13-11-16-10-6-7-12-24(16)18(25)15-8-4-3-5-9-15/h14-16H,3-13H2,1-2H3. The van der Waals surface area contributed by atoms with E-state index in [2.05, 4.69) is 15.2 Å². The van der Waals surface area contributed by atoms with Crippen molar-refractivity contribution in [1.29, 1.82) is 0 Å². The zero-order valence-electron chi connectivity index (χ0n) is 16.1. The van der Waals surface area contributed by atoms with Gasteiger partial charge in [0, 0.05) is 39.1 Å². The molecule has 0 bridgehead atoms. The first-order valence-electron chi connectivity index (χ1n) is 9.98. The molecule has 1 unspecified atom stereocenters. The highest BCUT2D eigenvalue weighted by Gasteiger charge is 2.32. The van der Waals surface area contributed by atoms with Gasteiger partial charge in [0.05, 0.1) is 6.20 Å². The number of aryl methyl sites for hydroxylation is 1. The van der Waals surface area contributed by atoms with Gasteiger partial charge in [-0.15, -0.1) is 5.10 Å². The summed E-state index contributed by atoms with van der Waals surface area (Å²) in [7, 11) is 3.41. The number of aromatic nitrogens is 3. The van der Waals surface area contributed by atoms with E-state index in [1.807, 2.05) is 0 Å². The maximum Gasteiger partial charge on any atom is 0.275 e. The molecule has 1 saturated heterocycles. The molecule has 0 N–H and O–H groups in total. The molecule has 26 heavy (non-hydrogen) atoms. The second-order valence-electron chi connectivity index (χ2n) is 7.87. The summed E-state index contributed by atoms with van der Waals surface area (Å²) in [6.45, 7) is 1.58. The summed E-state index contributed by atoms with van der Waals surface area (Å²) in [5, 5.41) is 8.05. The summed E-state index contributed by atoms with van der Waals surface area (Å²) in [6, 6.07) is 0.287. The average Bonchev–Trinajstić information content (AvgIpc) is 3.15. The second kappa shape index (κ2) is 8.64. The van der Waals surface area contributed by atoms with Gasteiger partial charge in [-0.1, -0.05) is 24.5 Å². The van der Waals surface area contributed by atoms with Gasteiger partial charge in [-0.25, -0.2) is 0 Å². The van der Waals surface area contributed by atoms with Gasteiger partial charge in [0.15, 0.2) is 5.69 Å². The van der Waals surface area contributed by atoms with Gasteiger partial charge in [0.2, 0.25) is 5.91 Å². The van der Waals surface area contributed by atoms with Crippen molar-refractivity contribution in [3.05, 3.63) is 11.9 Å². The number of likely N-dealkylation sites (tertiary alicyclic amines) is 1. The van der Waals surface area contributed by atoms with Gasteiger partial charge in [-0.05, 0) is 38.5 Å². The maximum absolute atomic E-state index is 13.0. The quantitative estimate of drug-likeness (QED) is 0.807. The lowest BCUT2D eigenvalue weighted by Crippen LogP contribution is -2.47. The summed E-state index contributed by atoms with van der Waals surface area (Å²) in [5.74, 6) is 0.472. The highest BCUT2D eigenvalue weighted by molar-refractivity contribution is 5.91. The summed E-state index contributed by atoms with van der Waals surface area (Å²) in [6.07, 6.45) is 11.7. The first-order valence-corrected chi connectivity index (χ1v) is 9.98. The molecule has 0 spiro atoms. The highest BCUT2D eigenvalue weighted by Crippen LogP contribution is 2.29. The Morgan fingerprint density at radius 3 is 2.58 bits per heavy atom. The van der Waals surface area contributed by atoms with E-state index in [4.69, 9.17) is 0 Å². The molecular weight excluding hydrogens is 330 g/mol. The van der Waals surface area contributed by atoms with Crippen LogP contribution in [-0.4, -0.2) is 63.3 Å². The van der Waals surface area contributed by atoms with E-state index >= 15 is 0 Å². The number of piperidine rings is 1. The number of nitrogens with zero attached hydrogens (tertiary/aromatic N) is 5. The number of hydrogen-bond donors (Lipinski definition) is 0. The Kier molecular flexibility index (Phi) is 6.27. The molecular formula is C19H31N5O2. The number of carbonyl (C=O) groups is 2. The largest absolute Gasteiger partial charge is 0.343 e. The molecule has 1 aliphatic carbocycles. The first-order chi connectivity index (χ1) is 12.6. The van der Waals surface area contributed by atoms with Gasteiger partial charge in [0.25, 0.3) is 5.91 Å². The Morgan fingerprint density at radius 1 is 1.12 bits per heavy atom. The maximum atomic E-state index is 13.0. The van der Waals surface area contributed by atoms with Crippen molar-refractivity contribution in [2.45, 2.75) is 70.4 Å². The molecule has 144 valence electrons. The molecule has 7 heteroatoms. The molecule has 1 aromatic heterocycles.